The van der Waals surface area contributed by atoms with Gasteiger partial charge in [0.1, 0.15) is 0 Å². The zero-order valence-corrected chi connectivity index (χ0v) is 12.9. The van der Waals surface area contributed by atoms with E-state index >= 15 is 0 Å². The number of nitrogens with one attached hydrogen (secondary N) is 1. The minimum atomic E-state index is -4.44. The van der Waals surface area contributed by atoms with E-state index in [0.29, 0.717) is 5.69 Å². The van der Waals surface area contributed by atoms with Crippen LogP contribution in [0.2, 0.25) is 0 Å². The van der Waals surface area contributed by atoms with E-state index in [-0.39, 0.29) is 23.4 Å². The van der Waals surface area contributed by atoms with Crippen LogP contribution in [0, 0.1) is 5.41 Å². The summed E-state index contributed by atoms with van der Waals surface area (Å²) in [6, 6.07) is 3.33. The number of hydrogen-bond donors (Lipinski definition) is 1. The van der Waals surface area contributed by atoms with Gasteiger partial charge in [0.05, 0.1) is 16.9 Å². The highest BCUT2D eigenvalue weighted by molar-refractivity contribution is 5.94. The van der Waals surface area contributed by atoms with Crippen LogP contribution in [0.25, 0.3) is 0 Å². The number of nitrogens with zero attached hydrogens (tertiary/aromatic N) is 1. The predicted octanol–water partition coefficient (Wildman–Crippen LogP) is 4.15. The predicted molar refractivity (Wildman–Crippen MR) is 78.5 cm³/mol. The smallest absolute Gasteiger partial charge is 0.376 e. The average molecular weight is 302 g/mol. The van der Waals surface area contributed by atoms with E-state index in [1.807, 2.05) is 20.8 Å². The van der Waals surface area contributed by atoms with Gasteiger partial charge in [-0.25, -0.2) is 0 Å². The van der Waals surface area contributed by atoms with E-state index in [2.05, 4.69) is 5.32 Å². The molecule has 0 saturated carbocycles. The Balaban J connectivity index is 3.10. The molecule has 0 radical (unpaired) electrons. The molecule has 0 aliphatic heterocycles. The van der Waals surface area contributed by atoms with Crippen LogP contribution in [0.4, 0.5) is 24.5 Å². The fourth-order valence-electron chi connectivity index (χ4n) is 1.88. The molecule has 21 heavy (non-hydrogen) atoms. The molecule has 118 valence electrons. The van der Waals surface area contributed by atoms with E-state index in [0.717, 1.165) is 12.1 Å². The summed E-state index contributed by atoms with van der Waals surface area (Å²) in [5.74, 6) is -0.301. The minimum Gasteiger partial charge on any atom is -0.376 e. The first-order valence-corrected chi connectivity index (χ1v) is 6.58. The Morgan fingerprint density at radius 3 is 2.19 bits per heavy atom. The summed E-state index contributed by atoms with van der Waals surface area (Å²) in [7, 11) is 3.42. The van der Waals surface area contributed by atoms with Crippen LogP contribution in [0.15, 0.2) is 18.2 Å². The average Bonchev–Trinajstić information content (AvgIpc) is 2.24. The Bertz CT molecular complexity index is 517. The van der Waals surface area contributed by atoms with Crippen molar-refractivity contribution >= 4 is 17.3 Å². The van der Waals surface area contributed by atoms with E-state index in [1.165, 1.54) is 6.07 Å². The standard InChI is InChI=1S/C15H21F3N2O/c1-14(2,3)9-13(21)19-11-8-10(15(16,17)18)6-7-12(11)20(4)5/h6-8H,9H2,1-5H3,(H,19,21). The molecule has 3 nitrogen and oxygen atoms in total. The third-order valence-electron chi connectivity index (χ3n) is 2.77. The van der Waals surface area contributed by atoms with Crippen molar-refractivity contribution in [2.24, 2.45) is 5.41 Å². The number of alkyl halides is 3. The topological polar surface area (TPSA) is 32.3 Å². The second-order valence-corrected chi connectivity index (χ2v) is 6.41. The van der Waals surface area contributed by atoms with Gasteiger partial charge in [0.25, 0.3) is 0 Å². The molecule has 0 aliphatic carbocycles. The fourth-order valence-corrected chi connectivity index (χ4v) is 1.88. The maximum absolute atomic E-state index is 12.8. The highest BCUT2D eigenvalue weighted by Gasteiger charge is 2.31. The third-order valence-corrected chi connectivity index (χ3v) is 2.77. The molecule has 0 bridgehead atoms. The van der Waals surface area contributed by atoms with Crippen LogP contribution in [0.1, 0.15) is 32.8 Å². The summed E-state index contributed by atoms with van der Waals surface area (Å²) in [5.41, 5.74) is -0.308. The van der Waals surface area contributed by atoms with Gasteiger partial charge >= 0.3 is 6.18 Å². The van der Waals surface area contributed by atoms with Crippen LogP contribution in [0.3, 0.4) is 0 Å². The van der Waals surface area contributed by atoms with Crippen LogP contribution in [0.5, 0.6) is 0 Å². The summed E-state index contributed by atoms with van der Waals surface area (Å²) in [4.78, 5) is 13.6. The molecule has 0 atom stereocenters. The number of hydrogen-bond acceptors (Lipinski definition) is 2. The Morgan fingerprint density at radius 2 is 1.76 bits per heavy atom. The molecule has 6 heteroatoms. The molecule has 1 aromatic carbocycles. The Kier molecular flexibility index (Phi) is 4.91. The van der Waals surface area contributed by atoms with Gasteiger partial charge in [-0.3, -0.25) is 4.79 Å². The second kappa shape index (κ2) is 5.95. The summed E-state index contributed by atoms with van der Waals surface area (Å²) < 4.78 is 38.3. The van der Waals surface area contributed by atoms with Gasteiger partial charge in [-0.05, 0) is 23.6 Å². The second-order valence-electron chi connectivity index (χ2n) is 6.41. The van der Waals surface area contributed by atoms with Crippen LogP contribution < -0.4 is 10.2 Å². The first-order chi connectivity index (χ1) is 9.40. The summed E-state index contributed by atoms with van der Waals surface area (Å²) >= 11 is 0. The highest BCUT2D eigenvalue weighted by Crippen LogP contribution is 2.35. The van der Waals surface area contributed by atoms with Gasteiger partial charge in [0.15, 0.2) is 0 Å². The summed E-state index contributed by atoms with van der Waals surface area (Å²) in [6.45, 7) is 5.68. The Morgan fingerprint density at radius 1 is 1.19 bits per heavy atom. The Labute approximate surface area is 123 Å². The van der Waals surface area contributed by atoms with Crippen molar-refractivity contribution in [2.75, 3.05) is 24.3 Å². The number of rotatable bonds is 3. The summed E-state index contributed by atoms with van der Waals surface area (Å²) in [5, 5.41) is 2.58. The number of carbonyl (C=O) groups excluding carboxylic acids is 1. The molecular weight excluding hydrogens is 281 g/mol. The monoisotopic (exact) mass is 302 g/mol. The molecule has 1 N–H and O–H groups in total. The van der Waals surface area contributed by atoms with Crippen molar-refractivity contribution in [1.82, 2.24) is 0 Å². The third kappa shape index (κ3) is 5.28. The van der Waals surface area contributed by atoms with E-state index < -0.39 is 11.7 Å². The number of halogens is 3. The number of benzene rings is 1. The first-order valence-electron chi connectivity index (χ1n) is 6.58. The van der Waals surface area contributed by atoms with Crippen LogP contribution >= 0.6 is 0 Å². The number of amides is 1. The maximum atomic E-state index is 12.8. The highest BCUT2D eigenvalue weighted by atomic mass is 19.4. The molecule has 0 aliphatic rings. The molecule has 1 aromatic rings. The van der Waals surface area contributed by atoms with Crippen molar-refractivity contribution in [3.8, 4) is 0 Å². The molecule has 1 rings (SSSR count). The first kappa shape index (κ1) is 17.3. The summed E-state index contributed by atoms with van der Waals surface area (Å²) in [6.07, 6.45) is -4.20. The zero-order chi connectivity index (χ0) is 16.4. The molecule has 0 heterocycles. The van der Waals surface area contributed by atoms with Crippen molar-refractivity contribution < 1.29 is 18.0 Å². The van der Waals surface area contributed by atoms with Crippen LogP contribution in [-0.4, -0.2) is 20.0 Å². The van der Waals surface area contributed by atoms with Gasteiger partial charge in [0.2, 0.25) is 5.91 Å². The normalized spacial score (nSPS) is 12.2. The fraction of sp³-hybridized carbons (Fsp3) is 0.533. The largest absolute Gasteiger partial charge is 0.416 e. The molecule has 0 saturated heterocycles. The lowest BCUT2D eigenvalue weighted by Crippen LogP contribution is -2.22. The molecule has 0 aromatic heterocycles. The molecule has 0 fully saturated rings. The quantitative estimate of drug-likeness (QED) is 0.910. The Hall–Kier alpha value is -1.72. The number of anilines is 2. The lowest BCUT2D eigenvalue weighted by atomic mass is 9.92. The maximum Gasteiger partial charge on any atom is 0.416 e. The van der Waals surface area contributed by atoms with Gasteiger partial charge in [-0.1, -0.05) is 20.8 Å². The van der Waals surface area contributed by atoms with Crippen LogP contribution in [-0.2, 0) is 11.0 Å². The molecule has 0 unspecified atom stereocenters. The van der Waals surface area contributed by atoms with Crippen molar-refractivity contribution in [2.45, 2.75) is 33.4 Å². The van der Waals surface area contributed by atoms with Gasteiger partial charge in [-0.15, -0.1) is 0 Å². The van der Waals surface area contributed by atoms with Crippen molar-refractivity contribution in [1.29, 1.82) is 0 Å². The molecular formula is C15H21F3N2O. The lowest BCUT2D eigenvalue weighted by Gasteiger charge is -2.22. The van der Waals surface area contributed by atoms with Crippen molar-refractivity contribution in [3.63, 3.8) is 0 Å². The number of carbonyl (C=O) groups is 1. The van der Waals surface area contributed by atoms with E-state index in [4.69, 9.17) is 0 Å². The van der Waals surface area contributed by atoms with Gasteiger partial charge in [-0.2, -0.15) is 13.2 Å². The molecule has 1 amide bonds. The SMILES string of the molecule is CN(C)c1ccc(C(F)(F)F)cc1NC(=O)CC(C)(C)C. The van der Waals surface area contributed by atoms with Crippen molar-refractivity contribution in [3.05, 3.63) is 23.8 Å². The van der Waals surface area contributed by atoms with E-state index in [9.17, 15) is 18.0 Å². The van der Waals surface area contributed by atoms with Gasteiger partial charge < -0.3 is 10.2 Å². The zero-order valence-electron chi connectivity index (χ0n) is 12.9. The van der Waals surface area contributed by atoms with E-state index in [1.54, 1.807) is 19.0 Å². The lowest BCUT2D eigenvalue weighted by molar-refractivity contribution is -0.137. The molecule has 0 spiro atoms. The van der Waals surface area contributed by atoms with Gasteiger partial charge in [0, 0.05) is 20.5 Å². The minimum absolute atomic E-state index is 0.170.